The van der Waals surface area contributed by atoms with Crippen molar-refractivity contribution >= 4 is 27.5 Å². The first-order chi connectivity index (χ1) is 11.9. The lowest BCUT2D eigenvalue weighted by atomic mass is 10.1. The van der Waals surface area contributed by atoms with Crippen molar-refractivity contribution in [2.45, 2.75) is 23.1 Å². The first-order valence-electron chi connectivity index (χ1n) is 8.19. The van der Waals surface area contributed by atoms with Crippen molar-refractivity contribution in [1.82, 2.24) is 4.90 Å². The van der Waals surface area contributed by atoms with E-state index < -0.39 is 9.84 Å². The molecule has 1 heterocycles. The molecule has 2 aromatic rings. The molecular weight excluding hydrogens is 354 g/mol. The van der Waals surface area contributed by atoms with E-state index in [1.54, 1.807) is 23.7 Å². The van der Waals surface area contributed by atoms with Gasteiger partial charge in [-0.05, 0) is 36.2 Å². The number of amides is 1. The SMILES string of the molecule is CN(C(=O)c1ccc(SCc2ccccc2)cc1)C1CCS(=O)(=O)C1. The number of hydrogen-bond acceptors (Lipinski definition) is 4. The van der Waals surface area contributed by atoms with E-state index in [1.807, 2.05) is 42.5 Å². The Morgan fingerprint density at radius 3 is 2.40 bits per heavy atom. The van der Waals surface area contributed by atoms with E-state index in [-0.39, 0.29) is 23.5 Å². The summed E-state index contributed by atoms with van der Waals surface area (Å²) in [6.07, 6.45) is 0.523. The molecule has 3 rings (SSSR count). The lowest BCUT2D eigenvalue weighted by Gasteiger charge is -2.23. The molecule has 2 aromatic carbocycles. The van der Waals surface area contributed by atoms with Gasteiger partial charge < -0.3 is 4.90 Å². The monoisotopic (exact) mass is 375 g/mol. The number of benzene rings is 2. The molecule has 0 spiro atoms. The number of carbonyl (C=O) groups is 1. The van der Waals surface area contributed by atoms with Crippen molar-refractivity contribution < 1.29 is 13.2 Å². The van der Waals surface area contributed by atoms with Gasteiger partial charge in [0.25, 0.3) is 5.91 Å². The molecule has 1 atom stereocenters. The first kappa shape index (κ1) is 18.0. The smallest absolute Gasteiger partial charge is 0.253 e. The van der Waals surface area contributed by atoms with E-state index in [0.29, 0.717) is 12.0 Å². The summed E-state index contributed by atoms with van der Waals surface area (Å²) in [5, 5.41) is 0. The number of rotatable bonds is 5. The molecule has 1 unspecified atom stereocenters. The Hall–Kier alpha value is -1.79. The summed E-state index contributed by atoms with van der Waals surface area (Å²) in [5.41, 5.74) is 1.85. The first-order valence-corrected chi connectivity index (χ1v) is 11.0. The van der Waals surface area contributed by atoms with E-state index in [2.05, 4.69) is 12.1 Å². The van der Waals surface area contributed by atoms with E-state index >= 15 is 0 Å². The van der Waals surface area contributed by atoms with Crippen LogP contribution in [0.15, 0.2) is 59.5 Å². The van der Waals surface area contributed by atoms with Gasteiger partial charge >= 0.3 is 0 Å². The topological polar surface area (TPSA) is 54.5 Å². The molecule has 4 nitrogen and oxygen atoms in total. The molecule has 25 heavy (non-hydrogen) atoms. The minimum absolute atomic E-state index is 0.0697. The number of thioether (sulfide) groups is 1. The van der Waals surface area contributed by atoms with Crippen LogP contribution in [0.3, 0.4) is 0 Å². The van der Waals surface area contributed by atoms with Crippen LogP contribution in [0.4, 0.5) is 0 Å². The summed E-state index contributed by atoms with van der Waals surface area (Å²) in [6.45, 7) is 0. The molecule has 132 valence electrons. The highest BCUT2D eigenvalue weighted by Crippen LogP contribution is 2.24. The third-order valence-electron chi connectivity index (χ3n) is 4.43. The van der Waals surface area contributed by atoms with Gasteiger partial charge in [0.2, 0.25) is 0 Å². The molecule has 0 aromatic heterocycles. The second-order valence-electron chi connectivity index (χ2n) is 6.27. The molecule has 1 aliphatic rings. The number of sulfone groups is 1. The molecule has 1 amide bonds. The molecule has 1 aliphatic heterocycles. The van der Waals surface area contributed by atoms with E-state index in [0.717, 1.165) is 10.6 Å². The lowest BCUT2D eigenvalue weighted by Crippen LogP contribution is -2.37. The summed E-state index contributed by atoms with van der Waals surface area (Å²) in [7, 11) is -1.31. The van der Waals surface area contributed by atoms with Crippen molar-refractivity contribution in [1.29, 1.82) is 0 Å². The Balaban J connectivity index is 1.60. The zero-order valence-corrected chi connectivity index (χ0v) is 15.7. The van der Waals surface area contributed by atoms with E-state index in [4.69, 9.17) is 0 Å². The predicted octanol–water partition coefficient (Wildman–Crippen LogP) is 3.24. The van der Waals surface area contributed by atoms with Gasteiger partial charge in [0.15, 0.2) is 9.84 Å². The van der Waals surface area contributed by atoms with Gasteiger partial charge in [-0.15, -0.1) is 11.8 Å². The molecule has 1 fully saturated rings. The van der Waals surface area contributed by atoms with E-state index in [1.165, 1.54) is 5.56 Å². The maximum absolute atomic E-state index is 12.6. The fourth-order valence-electron chi connectivity index (χ4n) is 2.88. The molecule has 6 heteroatoms. The van der Waals surface area contributed by atoms with Crippen LogP contribution in [0, 0.1) is 0 Å². The van der Waals surface area contributed by atoms with Gasteiger partial charge in [0.05, 0.1) is 11.5 Å². The van der Waals surface area contributed by atoms with E-state index in [9.17, 15) is 13.2 Å². The van der Waals surface area contributed by atoms with Crippen molar-refractivity contribution in [3.63, 3.8) is 0 Å². The normalized spacial score (nSPS) is 18.8. The van der Waals surface area contributed by atoms with Crippen molar-refractivity contribution in [2.75, 3.05) is 18.6 Å². The van der Waals surface area contributed by atoms with Crippen LogP contribution in [0.2, 0.25) is 0 Å². The molecular formula is C19H21NO3S2. The van der Waals surface area contributed by atoms with Crippen LogP contribution < -0.4 is 0 Å². The Morgan fingerprint density at radius 1 is 1.12 bits per heavy atom. The Morgan fingerprint density at radius 2 is 1.80 bits per heavy atom. The zero-order valence-electron chi connectivity index (χ0n) is 14.1. The number of carbonyl (C=O) groups excluding carboxylic acids is 1. The summed E-state index contributed by atoms with van der Waals surface area (Å²) in [5.74, 6) is 1.00. The second kappa shape index (κ2) is 7.62. The van der Waals surface area contributed by atoms with Crippen LogP contribution in [-0.2, 0) is 15.6 Å². The highest BCUT2D eigenvalue weighted by atomic mass is 32.2. The summed E-state index contributed by atoms with van der Waals surface area (Å²) >= 11 is 1.72. The van der Waals surface area contributed by atoms with Crippen molar-refractivity contribution in [2.24, 2.45) is 0 Å². The predicted molar refractivity (Wildman–Crippen MR) is 102 cm³/mol. The summed E-state index contributed by atoms with van der Waals surface area (Å²) in [4.78, 5) is 15.2. The molecule has 0 radical (unpaired) electrons. The van der Waals surface area contributed by atoms with Crippen LogP contribution in [0.5, 0.6) is 0 Å². The Labute approximate surface area is 153 Å². The Kier molecular flexibility index (Phi) is 5.49. The summed E-state index contributed by atoms with van der Waals surface area (Å²) < 4.78 is 23.2. The van der Waals surface area contributed by atoms with Crippen LogP contribution in [0.1, 0.15) is 22.3 Å². The van der Waals surface area contributed by atoms with Crippen LogP contribution in [-0.4, -0.2) is 43.8 Å². The second-order valence-corrected chi connectivity index (χ2v) is 9.55. The standard InChI is InChI=1S/C19H21NO3S2/c1-20(17-11-12-25(22,23)14-17)19(21)16-7-9-18(10-8-16)24-13-15-5-3-2-4-6-15/h2-10,17H,11-14H2,1H3. The fraction of sp³-hybridized carbons (Fsp3) is 0.316. The molecule has 0 aliphatic carbocycles. The van der Waals surface area contributed by atoms with Crippen molar-refractivity contribution in [3.05, 3.63) is 65.7 Å². The largest absolute Gasteiger partial charge is 0.338 e. The van der Waals surface area contributed by atoms with Crippen LogP contribution >= 0.6 is 11.8 Å². The molecule has 0 saturated carbocycles. The lowest BCUT2D eigenvalue weighted by molar-refractivity contribution is 0.0747. The van der Waals surface area contributed by atoms with Crippen molar-refractivity contribution in [3.8, 4) is 0 Å². The van der Waals surface area contributed by atoms with Gasteiger partial charge in [0, 0.05) is 29.3 Å². The molecule has 0 N–H and O–H groups in total. The quantitative estimate of drug-likeness (QED) is 0.753. The maximum atomic E-state index is 12.6. The highest BCUT2D eigenvalue weighted by molar-refractivity contribution is 7.98. The molecule has 1 saturated heterocycles. The fourth-order valence-corrected chi connectivity index (χ4v) is 5.51. The maximum Gasteiger partial charge on any atom is 0.253 e. The third kappa shape index (κ3) is 4.64. The Bertz CT molecular complexity index is 833. The minimum atomic E-state index is -2.99. The average Bonchev–Trinajstić information content (AvgIpc) is 3.00. The van der Waals surface area contributed by atoms with Crippen LogP contribution in [0.25, 0.3) is 0 Å². The molecule has 0 bridgehead atoms. The average molecular weight is 376 g/mol. The van der Waals surface area contributed by atoms with Gasteiger partial charge in [-0.3, -0.25) is 4.79 Å². The highest BCUT2D eigenvalue weighted by Gasteiger charge is 2.32. The van der Waals surface area contributed by atoms with Gasteiger partial charge in [-0.1, -0.05) is 30.3 Å². The zero-order chi connectivity index (χ0) is 17.9. The summed E-state index contributed by atoms with van der Waals surface area (Å²) in [6, 6.07) is 17.5. The van der Waals surface area contributed by atoms with Gasteiger partial charge in [-0.2, -0.15) is 0 Å². The number of hydrogen-bond donors (Lipinski definition) is 0. The van der Waals surface area contributed by atoms with Gasteiger partial charge in [-0.25, -0.2) is 8.42 Å². The number of nitrogens with zero attached hydrogens (tertiary/aromatic N) is 1. The third-order valence-corrected chi connectivity index (χ3v) is 7.26. The van der Waals surface area contributed by atoms with Gasteiger partial charge in [0.1, 0.15) is 0 Å². The minimum Gasteiger partial charge on any atom is -0.338 e.